The second kappa shape index (κ2) is 6.30. The van der Waals surface area contributed by atoms with Gasteiger partial charge in [-0.3, -0.25) is 0 Å². The zero-order valence-corrected chi connectivity index (χ0v) is 14.4. The number of carboxylic acids is 1. The van der Waals surface area contributed by atoms with Gasteiger partial charge in [0.25, 0.3) is 0 Å². The van der Waals surface area contributed by atoms with Crippen LogP contribution in [0.1, 0.15) is 15.9 Å². The van der Waals surface area contributed by atoms with Crippen molar-refractivity contribution in [1.29, 1.82) is 0 Å². The Bertz CT molecular complexity index is 970. The standard InChI is InChI=1S/C18H13Cl2NO3/c1-9-5-11(20)7-12-13(18(22)23)8-15(21-17(9)12)14-6-10(19)3-4-16(14)24-2/h3-8H,1-2H3,(H,22,23). The molecule has 0 bridgehead atoms. The van der Waals surface area contributed by atoms with Gasteiger partial charge in [0.2, 0.25) is 0 Å². The van der Waals surface area contributed by atoms with Crippen molar-refractivity contribution in [3.05, 3.63) is 57.6 Å². The number of fused-ring (bicyclic) bond motifs is 1. The van der Waals surface area contributed by atoms with E-state index in [1.54, 1.807) is 30.3 Å². The van der Waals surface area contributed by atoms with Crippen molar-refractivity contribution >= 4 is 40.1 Å². The van der Waals surface area contributed by atoms with Crippen LogP contribution in [0.5, 0.6) is 5.75 Å². The van der Waals surface area contributed by atoms with Crippen molar-refractivity contribution in [2.75, 3.05) is 7.11 Å². The summed E-state index contributed by atoms with van der Waals surface area (Å²) < 4.78 is 5.35. The molecule has 0 amide bonds. The number of hydrogen-bond acceptors (Lipinski definition) is 3. The summed E-state index contributed by atoms with van der Waals surface area (Å²) in [6.07, 6.45) is 0. The summed E-state index contributed by atoms with van der Waals surface area (Å²) in [7, 11) is 1.54. The molecule has 1 aromatic heterocycles. The lowest BCUT2D eigenvalue weighted by Crippen LogP contribution is -2.02. The predicted octanol–water partition coefficient (Wildman–Crippen LogP) is 5.22. The molecule has 3 rings (SSSR count). The normalized spacial score (nSPS) is 10.8. The lowest BCUT2D eigenvalue weighted by molar-refractivity contribution is 0.0699. The van der Waals surface area contributed by atoms with E-state index < -0.39 is 5.97 Å². The van der Waals surface area contributed by atoms with Gasteiger partial charge in [-0.05, 0) is 48.9 Å². The van der Waals surface area contributed by atoms with E-state index in [0.717, 1.165) is 5.56 Å². The van der Waals surface area contributed by atoms with E-state index in [1.165, 1.54) is 13.2 Å². The summed E-state index contributed by atoms with van der Waals surface area (Å²) in [4.78, 5) is 16.3. The van der Waals surface area contributed by atoms with Crippen LogP contribution in [0.25, 0.3) is 22.2 Å². The molecule has 24 heavy (non-hydrogen) atoms. The first-order chi connectivity index (χ1) is 11.4. The highest BCUT2D eigenvalue weighted by molar-refractivity contribution is 6.32. The van der Waals surface area contributed by atoms with E-state index in [9.17, 15) is 9.90 Å². The van der Waals surface area contributed by atoms with Gasteiger partial charge in [0, 0.05) is 21.0 Å². The molecule has 6 heteroatoms. The van der Waals surface area contributed by atoms with E-state index in [2.05, 4.69) is 4.98 Å². The van der Waals surface area contributed by atoms with Gasteiger partial charge >= 0.3 is 5.97 Å². The number of pyridine rings is 1. The molecule has 3 aromatic rings. The molecule has 1 N–H and O–H groups in total. The third-order valence-electron chi connectivity index (χ3n) is 3.74. The fraction of sp³-hybridized carbons (Fsp3) is 0.111. The fourth-order valence-electron chi connectivity index (χ4n) is 2.65. The fourth-order valence-corrected chi connectivity index (χ4v) is 3.10. The summed E-state index contributed by atoms with van der Waals surface area (Å²) in [5, 5.41) is 11.1. The number of carboxylic acid groups (broad SMARTS) is 1. The topological polar surface area (TPSA) is 59.4 Å². The average Bonchev–Trinajstić information content (AvgIpc) is 2.53. The zero-order chi connectivity index (χ0) is 17.4. The minimum absolute atomic E-state index is 0.127. The van der Waals surface area contributed by atoms with Gasteiger partial charge in [-0.15, -0.1) is 0 Å². The van der Waals surface area contributed by atoms with Crippen molar-refractivity contribution < 1.29 is 14.6 Å². The highest BCUT2D eigenvalue weighted by Crippen LogP contribution is 2.35. The number of aromatic nitrogens is 1. The van der Waals surface area contributed by atoms with Crippen LogP contribution in [0.2, 0.25) is 10.0 Å². The molecule has 0 aliphatic heterocycles. The molecular formula is C18H13Cl2NO3. The summed E-state index contributed by atoms with van der Waals surface area (Å²) in [5.41, 5.74) is 2.61. The van der Waals surface area contributed by atoms with Crippen LogP contribution >= 0.6 is 23.2 Å². The second-order valence-electron chi connectivity index (χ2n) is 5.32. The Labute approximate surface area is 148 Å². The van der Waals surface area contributed by atoms with Crippen LogP contribution in [0.3, 0.4) is 0 Å². The molecule has 0 saturated heterocycles. The number of methoxy groups -OCH3 is 1. The summed E-state index contributed by atoms with van der Waals surface area (Å²) in [6.45, 7) is 1.84. The maximum atomic E-state index is 11.7. The Morgan fingerprint density at radius 1 is 1.12 bits per heavy atom. The lowest BCUT2D eigenvalue weighted by atomic mass is 10.0. The number of ether oxygens (including phenoxy) is 1. The minimum atomic E-state index is -1.05. The van der Waals surface area contributed by atoms with E-state index in [4.69, 9.17) is 27.9 Å². The lowest BCUT2D eigenvalue weighted by Gasteiger charge is -2.12. The van der Waals surface area contributed by atoms with Crippen LogP contribution < -0.4 is 4.74 Å². The van der Waals surface area contributed by atoms with Gasteiger partial charge < -0.3 is 9.84 Å². The van der Waals surface area contributed by atoms with Crippen molar-refractivity contribution in [3.8, 4) is 17.0 Å². The summed E-state index contributed by atoms with van der Waals surface area (Å²) >= 11 is 12.1. The maximum absolute atomic E-state index is 11.7. The van der Waals surface area contributed by atoms with Crippen LogP contribution in [0, 0.1) is 6.92 Å². The van der Waals surface area contributed by atoms with Crippen LogP contribution in [0.4, 0.5) is 0 Å². The van der Waals surface area contributed by atoms with Gasteiger partial charge in [0.05, 0.1) is 23.9 Å². The van der Waals surface area contributed by atoms with Gasteiger partial charge in [-0.1, -0.05) is 23.2 Å². The molecule has 0 aliphatic carbocycles. The van der Waals surface area contributed by atoms with Crippen molar-refractivity contribution in [2.45, 2.75) is 6.92 Å². The molecule has 0 unspecified atom stereocenters. The Morgan fingerprint density at radius 3 is 2.54 bits per heavy atom. The first-order valence-corrected chi connectivity index (χ1v) is 7.84. The van der Waals surface area contributed by atoms with Crippen molar-refractivity contribution in [3.63, 3.8) is 0 Å². The number of hydrogen-bond donors (Lipinski definition) is 1. The van der Waals surface area contributed by atoms with E-state index >= 15 is 0 Å². The molecule has 0 spiro atoms. The van der Waals surface area contributed by atoms with Gasteiger partial charge in [-0.2, -0.15) is 0 Å². The molecule has 0 saturated carbocycles. The van der Waals surface area contributed by atoms with Gasteiger partial charge in [0.1, 0.15) is 5.75 Å². The van der Waals surface area contributed by atoms with E-state index in [-0.39, 0.29) is 5.56 Å². The number of aromatic carboxylic acids is 1. The first-order valence-electron chi connectivity index (χ1n) is 7.09. The smallest absolute Gasteiger partial charge is 0.336 e. The Morgan fingerprint density at radius 2 is 1.88 bits per heavy atom. The Hall–Kier alpha value is -2.30. The van der Waals surface area contributed by atoms with E-state index in [0.29, 0.717) is 38.0 Å². The molecule has 0 fully saturated rings. The number of carbonyl (C=O) groups is 1. The largest absolute Gasteiger partial charge is 0.496 e. The van der Waals surface area contributed by atoms with Crippen LogP contribution in [-0.2, 0) is 0 Å². The molecular weight excluding hydrogens is 349 g/mol. The monoisotopic (exact) mass is 361 g/mol. The number of rotatable bonds is 3. The first kappa shape index (κ1) is 16.6. The second-order valence-corrected chi connectivity index (χ2v) is 6.20. The molecule has 1 heterocycles. The van der Waals surface area contributed by atoms with Crippen LogP contribution in [-0.4, -0.2) is 23.2 Å². The van der Waals surface area contributed by atoms with Crippen molar-refractivity contribution in [1.82, 2.24) is 4.98 Å². The number of aryl methyl sites for hydroxylation is 1. The van der Waals surface area contributed by atoms with E-state index in [1.807, 2.05) is 6.92 Å². The molecule has 0 aliphatic rings. The van der Waals surface area contributed by atoms with Gasteiger partial charge in [-0.25, -0.2) is 9.78 Å². The Balaban J connectivity index is 2.39. The number of benzene rings is 2. The quantitative estimate of drug-likeness (QED) is 0.694. The molecule has 0 radical (unpaired) electrons. The van der Waals surface area contributed by atoms with Crippen LogP contribution in [0.15, 0.2) is 36.4 Å². The zero-order valence-electron chi connectivity index (χ0n) is 12.9. The summed E-state index contributed by atoms with van der Waals surface area (Å²) in [6, 6.07) is 9.99. The predicted molar refractivity (Wildman–Crippen MR) is 95.4 cm³/mol. The SMILES string of the molecule is COc1ccc(Cl)cc1-c1cc(C(=O)O)c2cc(Cl)cc(C)c2n1. The highest BCUT2D eigenvalue weighted by atomic mass is 35.5. The number of halogens is 2. The molecule has 0 atom stereocenters. The third kappa shape index (κ3) is 2.90. The van der Waals surface area contributed by atoms with Crippen molar-refractivity contribution in [2.24, 2.45) is 0 Å². The average molecular weight is 362 g/mol. The summed E-state index contributed by atoms with van der Waals surface area (Å²) in [5.74, 6) is -0.486. The molecule has 2 aromatic carbocycles. The highest BCUT2D eigenvalue weighted by Gasteiger charge is 2.17. The van der Waals surface area contributed by atoms with Gasteiger partial charge in [0.15, 0.2) is 0 Å². The maximum Gasteiger partial charge on any atom is 0.336 e. The minimum Gasteiger partial charge on any atom is -0.496 e. The molecule has 4 nitrogen and oxygen atoms in total. The molecule has 122 valence electrons. The third-order valence-corrected chi connectivity index (χ3v) is 4.19. The Kier molecular flexibility index (Phi) is 4.35. The number of nitrogens with zero attached hydrogens (tertiary/aromatic N) is 1.